The molecular weight excluding hydrogens is 510 g/mol. The third kappa shape index (κ3) is 5.15. The molecule has 1 N–H and O–H groups in total. The number of halogens is 4. The number of nitrogens with one attached hydrogen (secondary N) is 1. The van der Waals surface area contributed by atoms with Crippen LogP contribution in [-0.4, -0.2) is 66.7 Å². The van der Waals surface area contributed by atoms with Gasteiger partial charge in [-0.3, -0.25) is 14.5 Å². The predicted octanol–water partition coefficient (Wildman–Crippen LogP) is 2.46. The van der Waals surface area contributed by atoms with Gasteiger partial charge in [0.1, 0.15) is 22.6 Å². The van der Waals surface area contributed by atoms with E-state index in [0.717, 1.165) is 11.2 Å². The van der Waals surface area contributed by atoms with Crippen LogP contribution >= 0.6 is 0 Å². The summed E-state index contributed by atoms with van der Waals surface area (Å²) in [6, 6.07) is -0.168. The van der Waals surface area contributed by atoms with Gasteiger partial charge in [-0.05, 0) is 30.5 Å². The first kappa shape index (κ1) is 25.9. The van der Waals surface area contributed by atoms with Gasteiger partial charge < -0.3 is 14.7 Å². The fourth-order valence-corrected chi connectivity index (χ4v) is 5.04. The molecule has 36 heavy (non-hydrogen) atoms. The number of nitrogens with zero attached hydrogens (tertiary/aromatic N) is 4. The molecule has 0 saturated carbocycles. The summed E-state index contributed by atoms with van der Waals surface area (Å²) in [5.74, 6) is -7.64. The summed E-state index contributed by atoms with van der Waals surface area (Å²) in [4.78, 5) is 31.2. The summed E-state index contributed by atoms with van der Waals surface area (Å²) in [5, 5.41) is 6.10. The van der Waals surface area contributed by atoms with Crippen LogP contribution in [0.3, 0.4) is 0 Å². The molecule has 0 radical (unpaired) electrons. The molecule has 2 aromatic rings. The highest BCUT2D eigenvalue weighted by Crippen LogP contribution is 2.30. The number of likely N-dealkylation sites (tertiary alicyclic amines) is 1. The summed E-state index contributed by atoms with van der Waals surface area (Å²) in [5.41, 5.74) is -0.355. The van der Waals surface area contributed by atoms with E-state index in [1.165, 1.54) is 4.90 Å². The van der Waals surface area contributed by atoms with Crippen LogP contribution in [0, 0.1) is 11.6 Å². The number of hydrogen-bond donors (Lipinski definition) is 1. The standard InChI is InChI=1S/C21H23F4N5O5S/c1-21(24,25)19-27-20(28-35-19)30-7-5-11(8-17(30)31)29-6-3-4-14(18(29)32)26-15-9-13(23)16(10-12(15)22)36(2,33)34/h9-11,14,26H,3-8H2,1-2H3. The normalized spacial score (nSPS) is 21.7. The number of alkyl halides is 2. The van der Waals surface area contributed by atoms with Crippen LogP contribution in [-0.2, 0) is 25.3 Å². The minimum absolute atomic E-state index is 0.0619. The van der Waals surface area contributed by atoms with Gasteiger partial charge in [-0.1, -0.05) is 0 Å². The van der Waals surface area contributed by atoms with E-state index in [2.05, 4.69) is 20.0 Å². The van der Waals surface area contributed by atoms with E-state index in [9.17, 15) is 35.6 Å². The highest BCUT2D eigenvalue weighted by Gasteiger charge is 2.40. The monoisotopic (exact) mass is 533 g/mol. The van der Waals surface area contributed by atoms with Crippen LogP contribution < -0.4 is 10.2 Å². The zero-order valence-electron chi connectivity index (χ0n) is 19.3. The van der Waals surface area contributed by atoms with Gasteiger partial charge in [-0.2, -0.15) is 13.8 Å². The van der Waals surface area contributed by atoms with Crippen LogP contribution in [0.25, 0.3) is 0 Å². The first-order valence-electron chi connectivity index (χ1n) is 11.0. The van der Waals surface area contributed by atoms with Gasteiger partial charge in [0.05, 0.1) is 5.69 Å². The average molecular weight is 534 g/mol. The number of anilines is 2. The Balaban J connectivity index is 1.44. The maximum Gasteiger partial charge on any atom is 0.322 e. The number of amides is 2. The van der Waals surface area contributed by atoms with Crippen molar-refractivity contribution in [3.8, 4) is 0 Å². The molecule has 2 amide bonds. The molecule has 0 aliphatic carbocycles. The maximum atomic E-state index is 14.5. The zero-order chi connectivity index (χ0) is 26.4. The predicted molar refractivity (Wildman–Crippen MR) is 117 cm³/mol. The molecule has 2 unspecified atom stereocenters. The van der Waals surface area contributed by atoms with E-state index >= 15 is 0 Å². The molecule has 1 aromatic heterocycles. The molecule has 4 rings (SSSR count). The third-order valence-electron chi connectivity index (χ3n) is 6.09. The molecule has 10 nitrogen and oxygen atoms in total. The van der Waals surface area contributed by atoms with Gasteiger partial charge in [0.15, 0.2) is 9.84 Å². The van der Waals surface area contributed by atoms with E-state index < -0.39 is 62.1 Å². The van der Waals surface area contributed by atoms with E-state index in [1.807, 2.05) is 0 Å². The van der Waals surface area contributed by atoms with E-state index in [1.54, 1.807) is 0 Å². The topological polar surface area (TPSA) is 126 Å². The van der Waals surface area contributed by atoms with Crippen molar-refractivity contribution in [1.82, 2.24) is 15.0 Å². The molecule has 1 aromatic carbocycles. The summed E-state index contributed by atoms with van der Waals surface area (Å²) < 4.78 is 83.2. The van der Waals surface area contributed by atoms with Gasteiger partial charge in [0.2, 0.25) is 11.8 Å². The first-order chi connectivity index (χ1) is 16.8. The van der Waals surface area contributed by atoms with Gasteiger partial charge in [-0.25, -0.2) is 17.2 Å². The van der Waals surface area contributed by atoms with E-state index in [0.29, 0.717) is 44.9 Å². The lowest BCUT2D eigenvalue weighted by Crippen LogP contribution is -2.56. The molecule has 0 spiro atoms. The van der Waals surface area contributed by atoms with Gasteiger partial charge in [-0.15, -0.1) is 0 Å². The van der Waals surface area contributed by atoms with Crippen molar-refractivity contribution < 1.29 is 40.1 Å². The Morgan fingerprint density at radius 1 is 1.14 bits per heavy atom. The zero-order valence-corrected chi connectivity index (χ0v) is 20.1. The summed E-state index contributed by atoms with van der Waals surface area (Å²) in [6.45, 7) is 0.991. The number of hydrogen-bond acceptors (Lipinski definition) is 8. The number of rotatable bonds is 6. The minimum Gasteiger partial charge on any atom is -0.371 e. The molecule has 2 atom stereocenters. The first-order valence-corrected chi connectivity index (χ1v) is 12.9. The second-order valence-electron chi connectivity index (χ2n) is 8.89. The molecule has 2 fully saturated rings. The van der Waals surface area contributed by atoms with Crippen molar-refractivity contribution in [3.05, 3.63) is 29.7 Å². The number of aromatic nitrogens is 2. The Hall–Kier alpha value is -3.23. The highest BCUT2D eigenvalue weighted by molar-refractivity contribution is 7.90. The Kier molecular flexibility index (Phi) is 6.70. The van der Waals surface area contributed by atoms with E-state index in [4.69, 9.17) is 0 Å². The van der Waals surface area contributed by atoms with E-state index in [-0.39, 0.29) is 24.6 Å². The molecule has 0 bridgehead atoms. The fraction of sp³-hybridized carbons (Fsp3) is 0.524. The lowest BCUT2D eigenvalue weighted by molar-refractivity contribution is -0.138. The minimum atomic E-state index is -3.98. The number of piperidine rings is 2. The molecular formula is C21H23F4N5O5S. The number of benzene rings is 1. The van der Waals surface area contributed by atoms with Crippen molar-refractivity contribution >= 4 is 33.3 Å². The molecule has 2 aliphatic heterocycles. The number of carbonyl (C=O) groups excluding carboxylic acids is 2. The van der Waals surface area contributed by atoms with Gasteiger partial charge >= 0.3 is 5.92 Å². The summed E-state index contributed by atoms with van der Waals surface area (Å²) in [6.07, 6.45) is 1.78. The number of sulfone groups is 1. The largest absolute Gasteiger partial charge is 0.371 e. The Morgan fingerprint density at radius 2 is 1.86 bits per heavy atom. The van der Waals surface area contributed by atoms with Crippen molar-refractivity contribution in [3.63, 3.8) is 0 Å². The quantitative estimate of drug-likeness (QED) is 0.562. The van der Waals surface area contributed by atoms with Crippen molar-refractivity contribution in [2.75, 3.05) is 29.6 Å². The molecule has 196 valence electrons. The van der Waals surface area contributed by atoms with Crippen LogP contribution in [0.1, 0.15) is 38.5 Å². The van der Waals surface area contributed by atoms with Crippen LogP contribution in [0.2, 0.25) is 0 Å². The van der Waals surface area contributed by atoms with Crippen LogP contribution in [0.5, 0.6) is 0 Å². The third-order valence-corrected chi connectivity index (χ3v) is 7.21. The van der Waals surface area contributed by atoms with Crippen LogP contribution in [0.15, 0.2) is 21.6 Å². The molecule has 15 heteroatoms. The summed E-state index contributed by atoms with van der Waals surface area (Å²) >= 11 is 0. The Morgan fingerprint density at radius 3 is 2.47 bits per heavy atom. The lowest BCUT2D eigenvalue weighted by Gasteiger charge is -2.41. The van der Waals surface area contributed by atoms with Crippen molar-refractivity contribution in [1.29, 1.82) is 0 Å². The second-order valence-corrected chi connectivity index (χ2v) is 10.9. The van der Waals surface area contributed by atoms with Gasteiger partial charge in [0, 0.05) is 44.8 Å². The SMILES string of the molecule is CC(F)(F)c1nc(N2CCC(N3CCCC(Nc4cc(F)c(S(C)(=O)=O)cc4F)C3=O)CC2=O)no1. The molecule has 3 heterocycles. The maximum absolute atomic E-state index is 14.5. The van der Waals surface area contributed by atoms with Crippen molar-refractivity contribution in [2.45, 2.75) is 55.5 Å². The fourth-order valence-electron chi connectivity index (χ4n) is 4.30. The lowest BCUT2D eigenvalue weighted by atomic mass is 9.96. The number of carbonyl (C=O) groups is 2. The average Bonchev–Trinajstić information content (AvgIpc) is 3.27. The Labute approximate surface area is 203 Å². The van der Waals surface area contributed by atoms with Crippen LogP contribution in [0.4, 0.5) is 29.2 Å². The van der Waals surface area contributed by atoms with Gasteiger partial charge in [0.25, 0.3) is 11.8 Å². The van der Waals surface area contributed by atoms with Crippen molar-refractivity contribution in [2.24, 2.45) is 0 Å². The highest BCUT2D eigenvalue weighted by atomic mass is 32.2. The second kappa shape index (κ2) is 9.33. The Bertz CT molecular complexity index is 1300. The smallest absolute Gasteiger partial charge is 0.322 e. The molecule has 2 aliphatic rings. The summed E-state index contributed by atoms with van der Waals surface area (Å²) in [7, 11) is -3.98. The molecule has 2 saturated heterocycles.